The average Bonchev–Trinajstić information content (AvgIpc) is 2.38. The Hall–Kier alpha value is -1.55. The van der Waals surface area contributed by atoms with Crippen molar-refractivity contribution in [3.63, 3.8) is 0 Å². The standard InChI is InChI=1S/C15H15BrN2O/c1-11-3-2-4-12(7-11)10-18-5-6-19-14-8-13(16)9-17-15(14)18/h2-4,7-9H,5-6,10H2,1H3. The van der Waals surface area contributed by atoms with Crippen molar-refractivity contribution >= 4 is 21.7 Å². The van der Waals surface area contributed by atoms with Gasteiger partial charge in [-0.1, -0.05) is 29.8 Å². The Morgan fingerprint density at radius 3 is 3.11 bits per heavy atom. The van der Waals surface area contributed by atoms with Crippen molar-refractivity contribution in [2.75, 3.05) is 18.1 Å². The molecule has 2 aromatic rings. The van der Waals surface area contributed by atoms with E-state index >= 15 is 0 Å². The van der Waals surface area contributed by atoms with Crippen LogP contribution in [0.25, 0.3) is 0 Å². The summed E-state index contributed by atoms with van der Waals surface area (Å²) in [6.07, 6.45) is 1.82. The van der Waals surface area contributed by atoms with E-state index in [0.29, 0.717) is 6.61 Å². The van der Waals surface area contributed by atoms with Gasteiger partial charge >= 0.3 is 0 Å². The predicted octanol–water partition coefficient (Wildman–Crippen LogP) is 3.55. The van der Waals surface area contributed by atoms with Crippen molar-refractivity contribution in [3.05, 3.63) is 52.1 Å². The minimum absolute atomic E-state index is 0.705. The number of nitrogens with zero attached hydrogens (tertiary/aromatic N) is 2. The smallest absolute Gasteiger partial charge is 0.171 e. The van der Waals surface area contributed by atoms with Gasteiger partial charge in [0, 0.05) is 17.2 Å². The molecule has 1 aromatic heterocycles. The van der Waals surface area contributed by atoms with Gasteiger partial charge in [0.15, 0.2) is 11.6 Å². The second kappa shape index (κ2) is 5.21. The first kappa shape index (κ1) is 12.5. The monoisotopic (exact) mass is 318 g/mol. The number of fused-ring (bicyclic) bond motifs is 1. The third kappa shape index (κ3) is 2.73. The van der Waals surface area contributed by atoms with Gasteiger partial charge in [-0.3, -0.25) is 0 Å². The maximum Gasteiger partial charge on any atom is 0.171 e. The Kier molecular flexibility index (Phi) is 3.42. The van der Waals surface area contributed by atoms with Gasteiger partial charge in [-0.15, -0.1) is 0 Å². The van der Waals surface area contributed by atoms with Crippen LogP contribution < -0.4 is 9.64 Å². The molecule has 4 heteroatoms. The van der Waals surface area contributed by atoms with E-state index in [-0.39, 0.29) is 0 Å². The zero-order valence-corrected chi connectivity index (χ0v) is 12.4. The maximum absolute atomic E-state index is 5.66. The van der Waals surface area contributed by atoms with Crippen LogP contribution >= 0.6 is 15.9 Å². The first-order valence-corrected chi connectivity index (χ1v) is 7.10. The molecule has 0 amide bonds. The number of aromatic nitrogens is 1. The fourth-order valence-electron chi connectivity index (χ4n) is 2.31. The van der Waals surface area contributed by atoms with Crippen molar-refractivity contribution in [1.82, 2.24) is 4.98 Å². The Morgan fingerprint density at radius 1 is 1.37 bits per heavy atom. The van der Waals surface area contributed by atoms with Crippen LogP contribution in [0.1, 0.15) is 11.1 Å². The van der Waals surface area contributed by atoms with E-state index in [1.165, 1.54) is 11.1 Å². The van der Waals surface area contributed by atoms with Crippen LogP contribution in [0.5, 0.6) is 5.75 Å². The number of aryl methyl sites for hydroxylation is 1. The number of hydrogen-bond acceptors (Lipinski definition) is 3. The van der Waals surface area contributed by atoms with Crippen LogP contribution in [0, 0.1) is 6.92 Å². The third-order valence-electron chi connectivity index (χ3n) is 3.17. The van der Waals surface area contributed by atoms with Gasteiger partial charge in [0.25, 0.3) is 0 Å². The molecule has 0 saturated carbocycles. The summed E-state index contributed by atoms with van der Waals surface area (Å²) in [4.78, 5) is 6.74. The Balaban J connectivity index is 1.87. The molecule has 98 valence electrons. The van der Waals surface area contributed by atoms with Gasteiger partial charge in [-0.05, 0) is 34.5 Å². The zero-order chi connectivity index (χ0) is 13.2. The molecule has 0 aliphatic carbocycles. The normalized spacial score (nSPS) is 13.9. The summed E-state index contributed by atoms with van der Waals surface area (Å²) >= 11 is 3.43. The Bertz CT molecular complexity index is 600. The first-order valence-electron chi connectivity index (χ1n) is 6.31. The molecule has 0 fully saturated rings. The summed E-state index contributed by atoms with van der Waals surface area (Å²) in [5, 5.41) is 0. The van der Waals surface area contributed by atoms with Crippen molar-refractivity contribution in [2.45, 2.75) is 13.5 Å². The fourth-order valence-corrected chi connectivity index (χ4v) is 2.62. The molecule has 0 atom stereocenters. The lowest BCUT2D eigenvalue weighted by molar-refractivity contribution is 0.304. The molecule has 1 aliphatic heterocycles. The van der Waals surface area contributed by atoms with Gasteiger partial charge in [0.2, 0.25) is 0 Å². The molecule has 0 spiro atoms. The van der Waals surface area contributed by atoms with Crippen molar-refractivity contribution in [3.8, 4) is 5.75 Å². The van der Waals surface area contributed by atoms with Crippen molar-refractivity contribution in [2.24, 2.45) is 0 Å². The van der Waals surface area contributed by atoms with E-state index in [0.717, 1.165) is 29.1 Å². The third-order valence-corrected chi connectivity index (χ3v) is 3.61. The predicted molar refractivity (Wildman–Crippen MR) is 79.7 cm³/mol. The number of benzene rings is 1. The summed E-state index contributed by atoms with van der Waals surface area (Å²) < 4.78 is 6.61. The van der Waals surface area contributed by atoms with Crippen molar-refractivity contribution < 1.29 is 4.74 Å². The summed E-state index contributed by atoms with van der Waals surface area (Å²) in [7, 11) is 0. The highest BCUT2D eigenvalue weighted by Crippen LogP contribution is 2.32. The molecule has 0 unspecified atom stereocenters. The quantitative estimate of drug-likeness (QED) is 0.846. The van der Waals surface area contributed by atoms with E-state index in [2.05, 4.69) is 57.0 Å². The van der Waals surface area contributed by atoms with Gasteiger partial charge in [0.1, 0.15) is 6.61 Å². The molecule has 1 aromatic carbocycles. The first-order chi connectivity index (χ1) is 9.22. The minimum atomic E-state index is 0.705. The summed E-state index contributed by atoms with van der Waals surface area (Å²) in [6.45, 7) is 4.56. The minimum Gasteiger partial charge on any atom is -0.488 e. The largest absolute Gasteiger partial charge is 0.488 e. The molecular formula is C15H15BrN2O. The Labute approximate surface area is 121 Å². The lowest BCUT2D eigenvalue weighted by Crippen LogP contribution is -2.33. The SMILES string of the molecule is Cc1cccc(CN2CCOc3cc(Br)cnc32)c1. The topological polar surface area (TPSA) is 25.4 Å². The van der Waals surface area contributed by atoms with E-state index in [1.807, 2.05) is 12.3 Å². The molecular weight excluding hydrogens is 304 g/mol. The summed E-state index contributed by atoms with van der Waals surface area (Å²) in [5.74, 6) is 1.78. The molecule has 1 aliphatic rings. The highest BCUT2D eigenvalue weighted by molar-refractivity contribution is 9.10. The second-order valence-corrected chi connectivity index (χ2v) is 5.65. The zero-order valence-electron chi connectivity index (χ0n) is 10.8. The van der Waals surface area contributed by atoms with E-state index in [1.54, 1.807) is 0 Å². The summed E-state index contributed by atoms with van der Waals surface area (Å²) in [5.41, 5.74) is 2.59. The number of rotatable bonds is 2. The molecule has 0 saturated heterocycles. The highest BCUT2D eigenvalue weighted by atomic mass is 79.9. The lowest BCUT2D eigenvalue weighted by Gasteiger charge is -2.30. The molecule has 19 heavy (non-hydrogen) atoms. The Morgan fingerprint density at radius 2 is 2.26 bits per heavy atom. The summed E-state index contributed by atoms with van der Waals surface area (Å²) in [6, 6.07) is 10.6. The average molecular weight is 319 g/mol. The second-order valence-electron chi connectivity index (χ2n) is 4.73. The molecule has 0 radical (unpaired) electrons. The van der Waals surface area contributed by atoms with Crippen molar-refractivity contribution in [1.29, 1.82) is 0 Å². The van der Waals surface area contributed by atoms with Crippen LogP contribution in [-0.2, 0) is 6.54 Å². The number of hydrogen-bond donors (Lipinski definition) is 0. The molecule has 0 N–H and O–H groups in total. The van der Waals surface area contributed by atoms with Gasteiger partial charge in [0.05, 0.1) is 6.54 Å². The van der Waals surface area contributed by atoms with Gasteiger partial charge < -0.3 is 9.64 Å². The van der Waals surface area contributed by atoms with E-state index in [9.17, 15) is 0 Å². The highest BCUT2D eigenvalue weighted by Gasteiger charge is 2.19. The van der Waals surface area contributed by atoms with E-state index < -0.39 is 0 Å². The molecule has 3 nitrogen and oxygen atoms in total. The maximum atomic E-state index is 5.66. The van der Waals surface area contributed by atoms with Crippen LogP contribution in [0.3, 0.4) is 0 Å². The van der Waals surface area contributed by atoms with Gasteiger partial charge in [-0.25, -0.2) is 4.98 Å². The van der Waals surface area contributed by atoms with Crippen LogP contribution in [0.4, 0.5) is 5.82 Å². The lowest BCUT2D eigenvalue weighted by atomic mass is 10.1. The fraction of sp³-hybridized carbons (Fsp3) is 0.267. The van der Waals surface area contributed by atoms with E-state index in [4.69, 9.17) is 4.74 Å². The number of pyridine rings is 1. The van der Waals surface area contributed by atoms with Gasteiger partial charge in [-0.2, -0.15) is 0 Å². The van der Waals surface area contributed by atoms with Crippen LogP contribution in [0.2, 0.25) is 0 Å². The number of ether oxygens (including phenoxy) is 1. The molecule has 2 heterocycles. The number of anilines is 1. The number of halogens is 1. The molecule has 0 bridgehead atoms. The van der Waals surface area contributed by atoms with Crippen LogP contribution in [-0.4, -0.2) is 18.1 Å². The molecule has 3 rings (SSSR count). The van der Waals surface area contributed by atoms with Crippen LogP contribution in [0.15, 0.2) is 41.0 Å².